The number of fused-ring (bicyclic) bond motifs is 1. The zero-order valence-electron chi connectivity index (χ0n) is 9.75. The quantitative estimate of drug-likeness (QED) is 0.657. The average Bonchev–Trinajstić information content (AvgIpc) is 2.83. The second kappa shape index (κ2) is 4.31. The van der Waals surface area contributed by atoms with Gasteiger partial charge in [-0.1, -0.05) is 6.07 Å². The molecule has 0 bridgehead atoms. The summed E-state index contributed by atoms with van der Waals surface area (Å²) in [6, 6.07) is 5.83. The molecule has 4 heteroatoms. The second-order valence-electron chi connectivity index (χ2n) is 4.01. The summed E-state index contributed by atoms with van der Waals surface area (Å²) >= 11 is 1.48. The Morgan fingerprint density at radius 1 is 1.22 bits per heavy atom. The van der Waals surface area contributed by atoms with Crippen LogP contribution in [0.5, 0.6) is 0 Å². The maximum atomic E-state index is 11.4. The van der Waals surface area contributed by atoms with Gasteiger partial charge in [0.2, 0.25) is 0 Å². The van der Waals surface area contributed by atoms with Crippen LogP contribution in [0.4, 0.5) is 0 Å². The van der Waals surface area contributed by atoms with Crippen molar-refractivity contribution in [3.63, 3.8) is 0 Å². The fourth-order valence-corrected chi connectivity index (χ4v) is 2.84. The largest absolute Gasteiger partial charge is 0.294 e. The summed E-state index contributed by atoms with van der Waals surface area (Å²) in [6.07, 6.45) is 7.16. The first-order chi connectivity index (χ1) is 8.75. The molecule has 0 radical (unpaired) electrons. The van der Waals surface area contributed by atoms with Gasteiger partial charge in [0.05, 0.1) is 9.58 Å². The van der Waals surface area contributed by atoms with Crippen molar-refractivity contribution in [3.05, 3.63) is 47.9 Å². The van der Waals surface area contributed by atoms with E-state index >= 15 is 0 Å². The zero-order valence-corrected chi connectivity index (χ0v) is 10.6. The van der Waals surface area contributed by atoms with Crippen molar-refractivity contribution < 1.29 is 4.79 Å². The van der Waals surface area contributed by atoms with Crippen LogP contribution in [0.25, 0.3) is 21.2 Å². The highest BCUT2D eigenvalue weighted by Gasteiger charge is 2.10. The van der Waals surface area contributed by atoms with E-state index in [-0.39, 0.29) is 5.78 Å². The SMILES string of the molecule is CC(=O)c1cc2c(-c3cccnc3)cncc2s1. The van der Waals surface area contributed by atoms with E-state index in [0.717, 1.165) is 26.1 Å². The van der Waals surface area contributed by atoms with Crippen LogP contribution < -0.4 is 0 Å². The Morgan fingerprint density at radius 2 is 2.11 bits per heavy atom. The van der Waals surface area contributed by atoms with E-state index in [9.17, 15) is 4.79 Å². The number of ketones is 1. The summed E-state index contributed by atoms with van der Waals surface area (Å²) in [7, 11) is 0. The molecule has 3 rings (SSSR count). The first-order valence-corrected chi connectivity index (χ1v) is 6.36. The Morgan fingerprint density at radius 3 is 2.83 bits per heavy atom. The molecule has 0 aromatic carbocycles. The van der Waals surface area contributed by atoms with E-state index < -0.39 is 0 Å². The number of carbonyl (C=O) groups is 1. The minimum atomic E-state index is 0.0911. The van der Waals surface area contributed by atoms with Gasteiger partial charge in [-0.05, 0) is 19.1 Å². The average molecular weight is 254 g/mol. The molecule has 3 aromatic heterocycles. The van der Waals surface area contributed by atoms with Gasteiger partial charge in [0, 0.05) is 41.3 Å². The van der Waals surface area contributed by atoms with Gasteiger partial charge in [0.1, 0.15) is 0 Å². The number of pyridine rings is 2. The van der Waals surface area contributed by atoms with Crippen molar-refractivity contribution in [3.8, 4) is 11.1 Å². The standard InChI is InChI=1S/C14H10N2OS/c1-9(17)13-5-11-12(7-16-8-14(11)18-13)10-3-2-4-15-6-10/h2-8H,1H3. The predicted molar refractivity (Wildman–Crippen MR) is 72.9 cm³/mol. The summed E-state index contributed by atoms with van der Waals surface area (Å²) in [5.74, 6) is 0.0911. The number of Topliss-reactive ketones (excluding diaryl/α,β-unsaturated/α-hetero) is 1. The molecule has 3 aromatic rings. The lowest BCUT2D eigenvalue weighted by Gasteiger charge is -2.01. The monoisotopic (exact) mass is 254 g/mol. The smallest absolute Gasteiger partial charge is 0.169 e. The Balaban J connectivity index is 2.27. The summed E-state index contributed by atoms with van der Waals surface area (Å²) in [4.78, 5) is 20.6. The van der Waals surface area contributed by atoms with Crippen LogP contribution in [-0.2, 0) is 0 Å². The maximum absolute atomic E-state index is 11.4. The van der Waals surface area contributed by atoms with E-state index in [1.54, 1.807) is 19.3 Å². The Labute approximate surface area is 108 Å². The van der Waals surface area contributed by atoms with Crippen molar-refractivity contribution in [2.24, 2.45) is 0 Å². The van der Waals surface area contributed by atoms with Gasteiger partial charge >= 0.3 is 0 Å². The number of thiophene rings is 1. The number of carbonyl (C=O) groups excluding carboxylic acids is 1. The van der Waals surface area contributed by atoms with Gasteiger partial charge in [-0.2, -0.15) is 0 Å². The highest BCUT2D eigenvalue weighted by Crippen LogP contribution is 2.33. The molecule has 0 unspecified atom stereocenters. The predicted octanol–water partition coefficient (Wildman–Crippen LogP) is 3.56. The number of hydrogen-bond donors (Lipinski definition) is 0. The third-order valence-electron chi connectivity index (χ3n) is 2.77. The number of nitrogens with zero attached hydrogens (tertiary/aromatic N) is 2. The number of aromatic nitrogens is 2. The summed E-state index contributed by atoms with van der Waals surface area (Å²) in [5, 5.41) is 1.06. The minimum Gasteiger partial charge on any atom is -0.294 e. The third kappa shape index (κ3) is 1.80. The van der Waals surface area contributed by atoms with Crippen LogP contribution in [0.1, 0.15) is 16.6 Å². The molecule has 18 heavy (non-hydrogen) atoms. The van der Waals surface area contributed by atoms with Crippen LogP contribution in [0.15, 0.2) is 43.0 Å². The molecule has 0 aliphatic heterocycles. The molecule has 0 spiro atoms. The zero-order chi connectivity index (χ0) is 12.5. The first-order valence-electron chi connectivity index (χ1n) is 5.54. The lowest BCUT2D eigenvalue weighted by atomic mass is 10.1. The fourth-order valence-electron chi connectivity index (χ4n) is 1.89. The molecule has 3 nitrogen and oxygen atoms in total. The van der Waals surface area contributed by atoms with Gasteiger partial charge in [0.15, 0.2) is 5.78 Å². The Bertz CT molecular complexity index is 719. The summed E-state index contributed by atoms with van der Waals surface area (Å²) in [5.41, 5.74) is 2.04. The van der Waals surface area contributed by atoms with Crippen molar-refractivity contribution in [1.29, 1.82) is 0 Å². The first kappa shape index (κ1) is 11.0. The molecule has 0 saturated carbocycles. The highest BCUT2D eigenvalue weighted by atomic mass is 32.1. The number of hydrogen-bond acceptors (Lipinski definition) is 4. The molecule has 0 fully saturated rings. The third-order valence-corrected chi connectivity index (χ3v) is 3.94. The lowest BCUT2D eigenvalue weighted by molar-refractivity contribution is 0.102. The Hall–Kier alpha value is -2.07. The van der Waals surface area contributed by atoms with E-state index in [1.165, 1.54) is 11.3 Å². The maximum Gasteiger partial charge on any atom is 0.169 e. The fraction of sp³-hybridized carbons (Fsp3) is 0.0714. The molecule has 0 aliphatic rings. The highest BCUT2D eigenvalue weighted by molar-refractivity contribution is 7.20. The second-order valence-corrected chi connectivity index (χ2v) is 5.09. The van der Waals surface area contributed by atoms with Gasteiger partial charge in [-0.25, -0.2) is 0 Å². The molecule has 0 saturated heterocycles. The van der Waals surface area contributed by atoms with Crippen LogP contribution in [-0.4, -0.2) is 15.8 Å². The van der Waals surface area contributed by atoms with E-state index in [2.05, 4.69) is 9.97 Å². The van der Waals surface area contributed by atoms with Gasteiger partial charge in [-0.15, -0.1) is 11.3 Å². The molecule has 0 amide bonds. The molecular formula is C14H10N2OS. The summed E-state index contributed by atoms with van der Waals surface area (Å²) < 4.78 is 1.03. The molecular weight excluding hydrogens is 244 g/mol. The van der Waals surface area contributed by atoms with Crippen LogP contribution in [0, 0.1) is 0 Å². The normalized spacial score (nSPS) is 10.7. The van der Waals surface area contributed by atoms with Crippen LogP contribution >= 0.6 is 11.3 Å². The van der Waals surface area contributed by atoms with Gasteiger partial charge < -0.3 is 0 Å². The van der Waals surface area contributed by atoms with E-state index in [0.29, 0.717) is 0 Å². The van der Waals surface area contributed by atoms with Gasteiger partial charge in [-0.3, -0.25) is 14.8 Å². The molecule has 0 aliphatic carbocycles. The topological polar surface area (TPSA) is 42.9 Å². The molecule has 88 valence electrons. The minimum absolute atomic E-state index is 0.0911. The summed E-state index contributed by atoms with van der Waals surface area (Å²) in [6.45, 7) is 1.59. The molecule has 0 atom stereocenters. The molecule has 0 N–H and O–H groups in total. The van der Waals surface area contributed by atoms with Crippen molar-refractivity contribution in [1.82, 2.24) is 9.97 Å². The number of rotatable bonds is 2. The van der Waals surface area contributed by atoms with Crippen molar-refractivity contribution >= 4 is 27.2 Å². The Kier molecular flexibility index (Phi) is 2.64. The molecule has 3 heterocycles. The van der Waals surface area contributed by atoms with Crippen LogP contribution in [0.2, 0.25) is 0 Å². The van der Waals surface area contributed by atoms with Gasteiger partial charge in [0.25, 0.3) is 0 Å². The van der Waals surface area contributed by atoms with Crippen molar-refractivity contribution in [2.75, 3.05) is 0 Å². The van der Waals surface area contributed by atoms with E-state index in [1.807, 2.05) is 30.6 Å². The van der Waals surface area contributed by atoms with E-state index in [4.69, 9.17) is 0 Å². The van der Waals surface area contributed by atoms with Crippen molar-refractivity contribution in [2.45, 2.75) is 6.92 Å². The van der Waals surface area contributed by atoms with Crippen LogP contribution in [0.3, 0.4) is 0 Å². The lowest BCUT2D eigenvalue weighted by Crippen LogP contribution is -1.84.